The molecule has 0 aliphatic carbocycles. The highest BCUT2D eigenvalue weighted by Crippen LogP contribution is 2.15. The zero-order chi connectivity index (χ0) is 17.6. The van der Waals surface area contributed by atoms with Gasteiger partial charge in [-0.2, -0.15) is 0 Å². The smallest absolute Gasteiger partial charge is 0.0273 e. The Morgan fingerprint density at radius 3 is 0.909 bits per heavy atom. The molecular formula is C20H36N2. The Labute approximate surface area is 139 Å². The van der Waals surface area contributed by atoms with E-state index in [1.165, 1.54) is 24.0 Å². The number of aromatic nitrogens is 2. The summed E-state index contributed by atoms with van der Waals surface area (Å²) in [7, 11) is 0. The third kappa shape index (κ3) is 16.4. The molecule has 22 heavy (non-hydrogen) atoms. The van der Waals surface area contributed by atoms with Crippen LogP contribution in [0.25, 0.3) is 11.1 Å². The molecule has 2 aromatic heterocycles. The second kappa shape index (κ2) is 24.3. The summed E-state index contributed by atoms with van der Waals surface area (Å²) in [5.74, 6) is 0. The molecule has 2 heteroatoms. The van der Waals surface area contributed by atoms with Gasteiger partial charge in [-0.25, -0.2) is 0 Å². The third-order valence-corrected chi connectivity index (χ3v) is 1.69. The van der Waals surface area contributed by atoms with Crippen LogP contribution in [0.3, 0.4) is 0 Å². The van der Waals surface area contributed by atoms with Crippen LogP contribution in [-0.4, -0.2) is 9.97 Å². The Morgan fingerprint density at radius 1 is 0.545 bits per heavy atom. The van der Waals surface area contributed by atoms with E-state index in [1.807, 2.05) is 52.0 Å². The molecule has 0 amide bonds. The summed E-state index contributed by atoms with van der Waals surface area (Å²) in [6.45, 7) is 16.5. The first-order valence-electron chi connectivity index (χ1n) is 8.60. The minimum Gasteiger partial charge on any atom is -0.265 e. The van der Waals surface area contributed by atoms with Gasteiger partial charge in [0.15, 0.2) is 0 Å². The normalized spacial score (nSPS) is 7.45. The molecule has 0 N–H and O–H groups in total. The van der Waals surface area contributed by atoms with Gasteiger partial charge in [-0.1, -0.05) is 68.2 Å². The molecule has 0 aliphatic heterocycles. The van der Waals surface area contributed by atoms with E-state index in [2.05, 4.69) is 37.7 Å². The molecule has 126 valence electrons. The lowest BCUT2D eigenvalue weighted by Gasteiger charge is -1.97. The summed E-state index contributed by atoms with van der Waals surface area (Å²) in [6, 6.07) is 7.93. The van der Waals surface area contributed by atoms with Gasteiger partial charge >= 0.3 is 0 Å². The molecular weight excluding hydrogens is 268 g/mol. The van der Waals surface area contributed by atoms with Gasteiger partial charge in [-0.3, -0.25) is 9.97 Å². The fourth-order valence-electron chi connectivity index (χ4n) is 1.09. The summed E-state index contributed by atoms with van der Waals surface area (Å²) >= 11 is 0. The Bertz CT molecular complexity index is 332. The van der Waals surface area contributed by atoms with Crippen LogP contribution in [0.4, 0.5) is 0 Å². The van der Waals surface area contributed by atoms with E-state index in [4.69, 9.17) is 0 Å². The fraction of sp³-hybridized carbons (Fsp3) is 0.500. The average Bonchev–Trinajstić information content (AvgIpc) is 2.61. The highest BCUT2D eigenvalue weighted by molar-refractivity contribution is 5.61. The highest BCUT2D eigenvalue weighted by atomic mass is 14.6. The van der Waals surface area contributed by atoms with Crippen LogP contribution in [0.1, 0.15) is 68.2 Å². The SMILES string of the molecule is CC.CC.CCC.CCC.c1cc(-c2ccncc2)ccn1. The van der Waals surface area contributed by atoms with Crippen molar-refractivity contribution >= 4 is 0 Å². The first-order valence-corrected chi connectivity index (χ1v) is 8.60. The maximum Gasteiger partial charge on any atom is 0.0273 e. The minimum absolute atomic E-state index is 1.17. The van der Waals surface area contributed by atoms with Gasteiger partial charge in [0.25, 0.3) is 0 Å². The lowest BCUT2D eigenvalue weighted by Crippen LogP contribution is -1.77. The van der Waals surface area contributed by atoms with E-state index in [-0.39, 0.29) is 0 Å². The first kappa shape index (κ1) is 25.3. The molecule has 2 aromatic rings. The molecule has 0 spiro atoms. The molecule has 0 saturated carbocycles. The van der Waals surface area contributed by atoms with Crippen molar-refractivity contribution in [3.05, 3.63) is 49.1 Å². The fourth-order valence-corrected chi connectivity index (χ4v) is 1.09. The number of hydrogen-bond donors (Lipinski definition) is 0. The highest BCUT2D eigenvalue weighted by Gasteiger charge is 1.92. The number of rotatable bonds is 1. The van der Waals surface area contributed by atoms with Crippen molar-refractivity contribution in [3.8, 4) is 11.1 Å². The van der Waals surface area contributed by atoms with Crippen molar-refractivity contribution in [1.29, 1.82) is 0 Å². The Morgan fingerprint density at radius 2 is 0.727 bits per heavy atom. The molecule has 0 bridgehead atoms. The Kier molecular flexibility index (Phi) is 27.9. The molecule has 2 heterocycles. The second-order valence-electron chi connectivity index (χ2n) is 3.89. The zero-order valence-corrected chi connectivity index (χ0v) is 15.9. The zero-order valence-electron chi connectivity index (χ0n) is 15.9. The molecule has 0 fully saturated rings. The average molecular weight is 305 g/mol. The number of hydrogen-bond acceptors (Lipinski definition) is 2. The van der Waals surface area contributed by atoms with E-state index in [0.29, 0.717) is 0 Å². The molecule has 0 aliphatic rings. The van der Waals surface area contributed by atoms with Crippen LogP contribution >= 0.6 is 0 Å². The van der Waals surface area contributed by atoms with Gasteiger partial charge in [-0.05, 0) is 35.4 Å². The van der Waals surface area contributed by atoms with Crippen LogP contribution in [0, 0.1) is 0 Å². The molecule has 0 atom stereocenters. The summed E-state index contributed by atoms with van der Waals surface area (Å²) in [4.78, 5) is 7.91. The van der Waals surface area contributed by atoms with E-state index in [9.17, 15) is 0 Å². The molecule has 2 nitrogen and oxygen atoms in total. The van der Waals surface area contributed by atoms with Crippen LogP contribution in [-0.2, 0) is 0 Å². The summed E-state index contributed by atoms with van der Waals surface area (Å²) in [5.41, 5.74) is 2.35. The van der Waals surface area contributed by atoms with Crippen molar-refractivity contribution in [2.45, 2.75) is 68.2 Å². The third-order valence-electron chi connectivity index (χ3n) is 1.69. The van der Waals surface area contributed by atoms with Crippen molar-refractivity contribution in [1.82, 2.24) is 9.97 Å². The van der Waals surface area contributed by atoms with Crippen molar-refractivity contribution in [2.24, 2.45) is 0 Å². The summed E-state index contributed by atoms with van der Waals surface area (Å²) in [6.07, 6.45) is 9.65. The maximum absolute atomic E-state index is 3.96. The predicted octanol–water partition coefficient (Wildman–Crippen LogP) is 7.03. The molecule has 0 aromatic carbocycles. The van der Waals surface area contributed by atoms with Gasteiger partial charge in [0, 0.05) is 24.8 Å². The van der Waals surface area contributed by atoms with E-state index in [1.54, 1.807) is 24.8 Å². The Hall–Kier alpha value is -1.70. The van der Waals surface area contributed by atoms with Crippen LogP contribution in [0.2, 0.25) is 0 Å². The van der Waals surface area contributed by atoms with Crippen molar-refractivity contribution in [3.63, 3.8) is 0 Å². The van der Waals surface area contributed by atoms with Crippen molar-refractivity contribution in [2.75, 3.05) is 0 Å². The topological polar surface area (TPSA) is 25.8 Å². The largest absolute Gasteiger partial charge is 0.265 e. The molecule has 2 rings (SSSR count). The predicted molar refractivity (Wildman–Crippen MR) is 102 cm³/mol. The Balaban J connectivity index is -0.000000306. The van der Waals surface area contributed by atoms with E-state index >= 15 is 0 Å². The number of pyridine rings is 2. The van der Waals surface area contributed by atoms with Gasteiger partial charge in [0.2, 0.25) is 0 Å². The second-order valence-corrected chi connectivity index (χ2v) is 3.89. The van der Waals surface area contributed by atoms with E-state index < -0.39 is 0 Å². The molecule has 0 saturated heterocycles. The van der Waals surface area contributed by atoms with E-state index in [0.717, 1.165) is 0 Å². The summed E-state index contributed by atoms with van der Waals surface area (Å²) < 4.78 is 0. The standard InChI is InChI=1S/C10H8N2.2C3H8.2C2H6/c1-5-11-6-2-9(1)10-3-7-12-8-4-10;2*1-3-2;2*1-2/h1-8H;2*3H2,1-2H3;2*1-2H3. The number of nitrogens with zero attached hydrogens (tertiary/aromatic N) is 2. The lowest BCUT2D eigenvalue weighted by atomic mass is 10.1. The minimum atomic E-state index is 1.17. The van der Waals surface area contributed by atoms with Gasteiger partial charge in [0.05, 0.1) is 0 Å². The lowest BCUT2D eigenvalue weighted by molar-refractivity contribution is 1.09. The van der Waals surface area contributed by atoms with Crippen LogP contribution < -0.4 is 0 Å². The molecule has 0 radical (unpaired) electrons. The van der Waals surface area contributed by atoms with Gasteiger partial charge < -0.3 is 0 Å². The monoisotopic (exact) mass is 304 g/mol. The molecule has 0 unspecified atom stereocenters. The summed E-state index contributed by atoms with van der Waals surface area (Å²) in [5, 5.41) is 0. The van der Waals surface area contributed by atoms with Crippen LogP contribution in [0.5, 0.6) is 0 Å². The quantitative estimate of drug-likeness (QED) is 0.565. The van der Waals surface area contributed by atoms with Crippen LogP contribution in [0.15, 0.2) is 49.1 Å². The van der Waals surface area contributed by atoms with Gasteiger partial charge in [-0.15, -0.1) is 0 Å². The maximum atomic E-state index is 3.96. The van der Waals surface area contributed by atoms with Gasteiger partial charge in [0.1, 0.15) is 0 Å². The van der Waals surface area contributed by atoms with Crippen molar-refractivity contribution < 1.29 is 0 Å². The first-order chi connectivity index (χ1) is 10.8.